The van der Waals surface area contributed by atoms with Crippen LogP contribution in [-0.2, 0) is 20.1 Å². The number of hydrogen-bond acceptors (Lipinski definition) is 6. The van der Waals surface area contributed by atoms with Gasteiger partial charge < -0.3 is 9.88 Å². The molecule has 166 valence electrons. The molecule has 0 bridgehead atoms. The molecule has 4 heterocycles. The van der Waals surface area contributed by atoms with Crippen LogP contribution in [-0.4, -0.2) is 55.4 Å². The summed E-state index contributed by atoms with van der Waals surface area (Å²) in [5, 5.41) is 4.06. The molecule has 1 aliphatic heterocycles. The van der Waals surface area contributed by atoms with Gasteiger partial charge in [-0.3, -0.25) is 28.8 Å². The molecule has 0 spiro atoms. The first-order chi connectivity index (χ1) is 15.4. The van der Waals surface area contributed by atoms with Crippen LogP contribution in [0.25, 0.3) is 21.9 Å². The van der Waals surface area contributed by atoms with E-state index in [1.165, 1.54) is 9.25 Å². The van der Waals surface area contributed by atoms with Crippen molar-refractivity contribution in [1.29, 1.82) is 0 Å². The molecule has 3 aromatic heterocycles. The zero-order valence-electron chi connectivity index (χ0n) is 18.1. The molecule has 0 saturated carbocycles. The van der Waals surface area contributed by atoms with E-state index in [0.29, 0.717) is 28.5 Å². The van der Waals surface area contributed by atoms with E-state index < -0.39 is 0 Å². The first-order valence-corrected chi connectivity index (χ1v) is 10.7. The predicted octanol–water partition coefficient (Wildman–Crippen LogP) is 0.607. The molecule has 0 aliphatic carbocycles. The van der Waals surface area contributed by atoms with Gasteiger partial charge in [0.05, 0.1) is 28.2 Å². The first kappa shape index (κ1) is 20.3. The fourth-order valence-electron chi connectivity index (χ4n) is 4.38. The van der Waals surface area contributed by atoms with E-state index in [2.05, 4.69) is 24.9 Å². The molecular weight excluding hydrogens is 410 g/mol. The Morgan fingerprint density at radius 3 is 2.53 bits per heavy atom. The Hall–Kier alpha value is -3.66. The first-order valence-electron chi connectivity index (χ1n) is 10.7. The van der Waals surface area contributed by atoms with Crippen molar-refractivity contribution in [3.05, 3.63) is 67.2 Å². The van der Waals surface area contributed by atoms with Gasteiger partial charge in [-0.2, -0.15) is 0 Å². The predicted molar refractivity (Wildman–Crippen MR) is 123 cm³/mol. The maximum Gasteiger partial charge on any atom is 0.328 e. The monoisotopic (exact) mass is 435 g/mol. The van der Waals surface area contributed by atoms with Gasteiger partial charge in [0.2, 0.25) is 0 Å². The number of anilines is 1. The van der Waals surface area contributed by atoms with Crippen LogP contribution in [0.15, 0.2) is 44.8 Å². The minimum absolute atomic E-state index is 0.0759. The second-order valence-electron chi connectivity index (χ2n) is 8.19. The third-order valence-electron chi connectivity index (χ3n) is 6.19. The molecule has 5 rings (SSSR count). The van der Waals surface area contributed by atoms with E-state index in [1.54, 1.807) is 26.2 Å². The average Bonchev–Trinajstić information content (AvgIpc) is 3.07. The second kappa shape index (κ2) is 7.79. The molecule has 0 radical (unpaired) electrons. The third kappa shape index (κ3) is 3.42. The summed E-state index contributed by atoms with van der Waals surface area (Å²) >= 11 is 0. The lowest BCUT2D eigenvalue weighted by atomic mass is 10.1. The lowest BCUT2D eigenvalue weighted by Crippen LogP contribution is -2.46. The minimum atomic E-state index is -0.376. The molecule has 10 heteroatoms. The number of H-pyrrole nitrogens is 2. The van der Waals surface area contributed by atoms with Gasteiger partial charge >= 0.3 is 5.69 Å². The topological polar surface area (TPSA) is 112 Å². The fourth-order valence-corrected chi connectivity index (χ4v) is 4.38. The molecule has 1 aliphatic rings. The summed E-state index contributed by atoms with van der Waals surface area (Å²) in [6.45, 7) is 6.22. The summed E-state index contributed by atoms with van der Waals surface area (Å²) in [6.07, 6.45) is 1.80. The molecule has 0 amide bonds. The maximum absolute atomic E-state index is 12.5. The van der Waals surface area contributed by atoms with E-state index >= 15 is 0 Å². The summed E-state index contributed by atoms with van der Waals surface area (Å²) < 4.78 is 2.64. The van der Waals surface area contributed by atoms with Crippen molar-refractivity contribution in [3.8, 4) is 0 Å². The zero-order valence-corrected chi connectivity index (χ0v) is 18.1. The number of aryl methyl sites for hydroxylation is 1. The van der Waals surface area contributed by atoms with Gasteiger partial charge in [-0.05, 0) is 30.7 Å². The zero-order chi connectivity index (χ0) is 22.4. The maximum atomic E-state index is 12.5. The Morgan fingerprint density at radius 1 is 1.00 bits per heavy atom. The van der Waals surface area contributed by atoms with Crippen LogP contribution < -0.4 is 21.7 Å². The molecule has 0 unspecified atom stereocenters. The van der Waals surface area contributed by atoms with Gasteiger partial charge in [0, 0.05) is 46.3 Å². The number of aromatic amines is 2. The van der Waals surface area contributed by atoms with Crippen molar-refractivity contribution in [2.75, 3.05) is 31.1 Å². The Kier molecular flexibility index (Phi) is 4.93. The number of benzene rings is 1. The van der Waals surface area contributed by atoms with Gasteiger partial charge in [0.25, 0.3) is 11.1 Å². The van der Waals surface area contributed by atoms with Crippen LogP contribution in [0.2, 0.25) is 0 Å². The summed E-state index contributed by atoms with van der Waals surface area (Å²) in [4.78, 5) is 48.6. The molecule has 1 saturated heterocycles. The van der Waals surface area contributed by atoms with Gasteiger partial charge in [0.1, 0.15) is 0 Å². The summed E-state index contributed by atoms with van der Waals surface area (Å²) in [7, 11) is 1.68. The second-order valence-corrected chi connectivity index (χ2v) is 8.19. The number of piperazine rings is 1. The van der Waals surface area contributed by atoms with E-state index in [9.17, 15) is 14.4 Å². The molecule has 32 heavy (non-hydrogen) atoms. The lowest BCUT2D eigenvalue weighted by Gasteiger charge is -2.36. The average molecular weight is 435 g/mol. The van der Waals surface area contributed by atoms with Crippen LogP contribution in [0.3, 0.4) is 0 Å². The van der Waals surface area contributed by atoms with Crippen molar-refractivity contribution in [2.45, 2.75) is 20.0 Å². The highest BCUT2D eigenvalue weighted by atomic mass is 16.2. The van der Waals surface area contributed by atoms with E-state index in [1.807, 2.05) is 18.2 Å². The fraction of sp³-hybridized carbons (Fsp3) is 0.364. The lowest BCUT2D eigenvalue weighted by molar-refractivity contribution is 0.250. The molecule has 2 N–H and O–H groups in total. The van der Waals surface area contributed by atoms with Crippen molar-refractivity contribution < 1.29 is 0 Å². The van der Waals surface area contributed by atoms with E-state index in [4.69, 9.17) is 0 Å². The number of rotatable bonds is 4. The van der Waals surface area contributed by atoms with Gasteiger partial charge in [0.15, 0.2) is 5.65 Å². The summed E-state index contributed by atoms with van der Waals surface area (Å²) in [6, 6.07) is 7.54. The standard InChI is InChI=1S/C22H25N7O3/c1-3-29-21(31)16-5-4-14(10-18(16)24-22(29)32)13-27-6-8-28(9-7-27)15-11-17-19(23-12-15)25-26(2)20(17)30/h4-5,10-12H,3,6-9,13H2,1-2H3,(H,23,25)(H,24,32). The summed E-state index contributed by atoms with van der Waals surface area (Å²) in [5.41, 5.74) is 2.47. The Labute approximate surface area is 182 Å². The Morgan fingerprint density at radius 2 is 1.78 bits per heavy atom. The quantitative estimate of drug-likeness (QED) is 0.486. The highest BCUT2D eigenvalue weighted by Gasteiger charge is 2.19. The number of fused-ring (bicyclic) bond motifs is 2. The van der Waals surface area contributed by atoms with Crippen LogP contribution in [0, 0.1) is 0 Å². The molecule has 4 aromatic rings. The van der Waals surface area contributed by atoms with Crippen LogP contribution >= 0.6 is 0 Å². The number of hydrogen-bond donors (Lipinski definition) is 2. The molecule has 0 atom stereocenters. The van der Waals surface area contributed by atoms with E-state index in [-0.39, 0.29) is 16.8 Å². The largest absolute Gasteiger partial charge is 0.368 e. The Bertz CT molecular complexity index is 1490. The molecule has 1 aromatic carbocycles. The van der Waals surface area contributed by atoms with Crippen molar-refractivity contribution >= 4 is 27.6 Å². The number of aromatic nitrogens is 5. The van der Waals surface area contributed by atoms with Gasteiger partial charge in [-0.15, -0.1) is 0 Å². The molecule has 1 fully saturated rings. The normalized spacial score (nSPS) is 15.1. The highest BCUT2D eigenvalue weighted by molar-refractivity contribution is 5.78. The molecular formula is C22H25N7O3. The van der Waals surface area contributed by atoms with Crippen molar-refractivity contribution in [1.82, 2.24) is 29.2 Å². The van der Waals surface area contributed by atoms with Crippen molar-refractivity contribution in [2.24, 2.45) is 7.05 Å². The SMILES string of the molecule is CCn1c(=O)[nH]c2cc(CN3CCN(c4cnc5[nH]n(C)c(=O)c5c4)CC3)ccc2c1=O. The number of pyridine rings is 1. The number of nitrogens with one attached hydrogen (secondary N) is 2. The van der Waals surface area contributed by atoms with Crippen molar-refractivity contribution in [3.63, 3.8) is 0 Å². The van der Waals surface area contributed by atoms with Gasteiger partial charge in [-0.25, -0.2) is 9.78 Å². The smallest absolute Gasteiger partial charge is 0.328 e. The van der Waals surface area contributed by atoms with Crippen LogP contribution in [0.5, 0.6) is 0 Å². The Balaban J connectivity index is 1.30. The minimum Gasteiger partial charge on any atom is -0.368 e. The van der Waals surface area contributed by atoms with E-state index in [0.717, 1.165) is 44.0 Å². The van der Waals surface area contributed by atoms with Crippen LogP contribution in [0.1, 0.15) is 12.5 Å². The van der Waals surface area contributed by atoms with Crippen LogP contribution in [0.4, 0.5) is 5.69 Å². The van der Waals surface area contributed by atoms with Gasteiger partial charge in [-0.1, -0.05) is 6.07 Å². The third-order valence-corrected chi connectivity index (χ3v) is 6.19. The summed E-state index contributed by atoms with van der Waals surface area (Å²) in [5.74, 6) is 0. The molecule has 10 nitrogen and oxygen atoms in total. The highest BCUT2D eigenvalue weighted by Crippen LogP contribution is 2.20. The number of nitrogens with zero attached hydrogens (tertiary/aromatic N) is 5.